The number of halogens is 1. The molecule has 0 unspecified atom stereocenters. The highest BCUT2D eigenvalue weighted by atomic mass is 32.1. The Labute approximate surface area is 207 Å². The fourth-order valence-electron chi connectivity index (χ4n) is 3.86. The number of nitrogens with one attached hydrogen (secondary N) is 2. The van der Waals surface area contributed by atoms with Gasteiger partial charge in [-0.25, -0.2) is 19.3 Å². The largest absolute Gasteiger partial charge is 0.365 e. The lowest BCUT2D eigenvalue weighted by Crippen LogP contribution is -2.17. The summed E-state index contributed by atoms with van der Waals surface area (Å²) < 4.78 is 15.7. The van der Waals surface area contributed by atoms with E-state index in [0.29, 0.717) is 5.95 Å². The summed E-state index contributed by atoms with van der Waals surface area (Å²) in [4.78, 5) is 16.9. The second-order valence-corrected chi connectivity index (χ2v) is 9.43. The Morgan fingerprint density at radius 3 is 2.63 bits per heavy atom. The Morgan fingerprint density at radius 2 is 1.86 bits per heavy atom. The van der Waals surface area contributed by atoms with E-state index in [9.17, 15) is 4.39 Å². The van der Waals surface area contributed by atoms with Crippen LogP contribution in [0.3, 0.4) is 0 Å². The first-order chi connectivity index (χ1) is 17.0. The molecule has 0 spiro atoms. The number of anilines is 3. The van der Waals surface area contributed by atoms with Crippen molar-refractivity contribution < 1.29 is 4.39 Å². The van der Waals surface area contributed by atoms with Crippen molar-refractivity contribution in [3.63, 3.8) is 0 Å². The zero-order valence-electron chi connectivity index (χ0n) is 19.8. The standard InChI is InChI=1S/C26H26FN7S/c1-28-26-32-23(17-4-6-19(27)7-5-17)24(35-26)21-10-12-29-25(31-21)30-20-8-9-22-18(16-20)11-13-34(22)15-14-33(2)3/h4-13,16H,14-15H2,1-3H3,(H,28,32)(H,29,30,31). The van der Waals surface area contributed by atoms with Crippen LogP contribution in [0, 0.1) is 5.82 Å². The summed E-state index contributed by atoms with van der Waals surface area (Å²) in [6.07, 6.45) is 3.85. The molecule has 9 heteroatoms. The molecule has 0 aliphatic rings. The first-order valence-electron chi connectivity index (χ1n) is 11.3. The monoisotopic (exact) mass is 487 g/mol. The molecule has 2 N–H and O–H groups in total. The fraction of sp³-hybridized carbons (Fsp3) is 0.192. The predicted octanol–water partition coefficient (Wildman–Crippen LogP) is 5.71. The second-order valence-electron chi connectivity index (χ2n) is 8.43. The van der Waals surface area contributed by atoms with E-state index in [1.54, 1.807) is 18.3 Å². The maximum atomic E-state index is 13.5. The molecule has 0 aliphatic heterocycles. The molecule has 5 rings (SSSR count). The van der Waals surface area contributed by atoms with Crippen molar-refractivity contribution >= 4 is 39.0 Å². The SMILES string of the molecule is CNc1nc(-c2ccc(F)cc2)c(-c2ccnc(Nc3ccc4c(ccn4CCN(C)C)c3)n2)s1. The van der Waals surface area contributed by atoms with Crippen LogP contribution in [0.5, 0.6) is 0 Å². The Hall–Kier alpha value is -3.82. The van der Waals surface area contributed by atoms with Gasteiger partial charge in [0.05, 0.1) is 16.3 Å². The molecule has 0 radical (unpaired) electrons. The van der Waals surface area contributed by atoms with Crippen molar-refractivity contribution in [3.8, 4) is 21.8 Å². The van der Waals surface area contributed by atoms with Crippen LogP contribution < -0.4 is 10.6 Å². The number of nitrogens with zero attached hydrogens (tertiary/aromatic N) is 5. The summed E-state index contributed by atoms with van der Waals surface area (Å²) in [6.45, 7) is 1.92. The Bertz CT molecular complexity index is 1460. The van der Waals surface area contributed by atoms with Crippen LogP contribution in [-0.2, 0) is 6.54 Å². The molecule has 0 fully saturated rings. The third kappa shape index (κ3) is 5.01. The van der Waals surface area contributed by atoms with Crippen molar-refractivity contribution in [1.29, 1.82) is 0 Å². The number of aromatic nitrogens is 4. The molecule has 178 valence electrons. The predicted molar refractivity (Wildman–Crippen MR) is 142 cm³/mol. The quantitative estimate of drug-likeness (QED) is 0.292. The van der Waals surface area contributed by atoms with E-state index in [0.717, 1.165) is 51.1 Å². The topological polar surface area (TPSA) is 70.9 Å². The van der Waals surface area contributed by atoms with E-state index < -0.39 is 0 Å². The summed E-state index contributed by atoms with van der Waals surface area (Å²) in [7, 11) is 5.99. The van der Waals surface area contributed by atoms with Crippen molar-refractivity contribution in [3.05, 3.63) is 72.8 Å². The summed E-state index contributed by atoms with van der Waals surface area (Å²) >= 11 is 1.50. The van der Waals surface area contributed by atoms with Gasteiger partial charge >= 0.3 is 0 Å². The maximum absolute atomic E-state index is 13.5. The Balaban J connectivity index is 1.43. The third-order valence-corrected chi connectivity index (χ3v) is 6.76. The van der Waals surface area contributed by atoms with Gasteiger partial charge in [0.2, 0.25) is 5.95 Å². The van der Waals surface area contributed by atoms with Gasteiger partial charge in [0.1, 0.15) is 5.82 Å². The minimum atomic E-state index is -0.280. The molecular weight excluding hydrogens is 461 g/mol. The lowest BCUT2D eigenvalue weighted by molar-refractivity contribution is 0.387. The molecule has 0 atom stereocenters. The smallest absolute Gasteiger partial charge is 0.227 e. The maximum Gasteiger partial charge on any atom is 0.227 e. The van der Waals surface area contributed by atoms with Gasteiger partial charge in [-0.05, 0) is 68.7 Å². The number of hydrogen-bond acceptors (Lipinski definition) is 7. The molecule has 5 aromatic rings. The molecule has 0 amide bonds. The van der Waals surface area contributed by atoms with Gasteiger partial charge < -0.3 is 20.1 Å². The van der Waals surface area contributed by atoms with E-state index in [-0.39, 0.29) is 5.82 Å². The molecule has 0 bridgehead atoms. The van der Waals surface area contributed by atoms with Crippen molar-refractivity contribution in [2.75, 3.05) is 38.3 Å². The average molecular weight is 488 g/mol. The van der Waals surface area contributed by atoms with E-state index in [1.807, 2.05) is 19.2 Å². The van der Waals surface area contributed by atoms with Gasteiger partial charge in [-0.1, -0.05) is 11.3 Å². The van der Waals surface area contributed by atoms with E-state index in [4.69, 9.17) is 4.98 Å². The number of fused-ring (bicyclic) bond motifs is 1. The first kappa shape index (κ1) is 22.9. The molecule has 0 saturated carbocycles. The lowest BCUT2D eigenvalue weighted by atomic mass is 10.1. The molecule has 0 saturated heterocycles. The number of benzene rings is 2. The van der Waals surface area contributed by atoms with E-state index in [1.165, 1.54) is 29.0 Å². The van der Waals surface area contributed by atoms with Gasteiger partial charge in [0, 0.05) is 54.7 Å². The van der Waals surface area contributed by atoms with Crippen LogP contribution in [0.4, 0.5) is 21.2 Å². The van der Waals surface area contributed by atoms with Gasteiger partial charge in [0.15, 0.2) is 5.13 Å². The zero-order chi connectivity index (χ0) is 24.4. The van der Waals surface area contributed by atoms with Gasteiger partial charge in [0.25, 0.3) is 0 Å². The number of thiazole rings is 1. The van der Waals surface area contributed by atoms with Crippen LogP contribution in [0.1, 0.15) is 0 Å². The first-order valence-corrected chi connectivity index (χ1v) is 12.1. The minimum Gasteiger partial charge on any atom is -0.365 e. The van der Waals surface area contributed by atoms with Crippen molar-refractivity contribution in [2.24, 2.45) is 0 Å². The highest BCUT2D eigenvalue weighted by Crippen LogP contribution is 2.38. The molecule has 35 heavy (non-hydrogen) atoms. The van der Waals surface area contributed by atoms with Crippen LogP contribution in [0.15, 0.2) is 67.0 Å². The van der Waals surface area contributed by atoms with E-state index in [2.05, 4.69) is 68.6 Å². The van der Waals surface area contributed by atoms with Crippen LogP contribution in [0.2, 0.25) is 0 Å². The fourth-order valence-corrected chi connectivity index (χ4v) is 4.77. The Kier molecular flexibility index (Phi) is 6.43. The highest BCUT2D eigenvalue weighted by molar-refractivity contribution is 7.19. The normalized spacial score (nSPS) is 11.3. The minimum absolute atomic E-state index is 0.280. The summed E-state index contributed by atoms with van der Waals surface area (Å²) in [5, 5.41) is 8.35. The van der Waals surface area contributed by atoms with Crippen LogP contribution in [0.25, 0.3) is 32.7 Å². The van der Waals surface area contributed by atoms with Gasteiger partial charge in [-0.15, -0.1) is 0 Å². The molecule has 0 aliphatic carbocycles. The van der Waals surface area contributed by atoms with Crippen molar-refractivity contribution in [1.82, 2.24) is 24.4 Å². The second kappa shape index (κ2) is 9.81. The molecule has 3 heterocycles. The molecule has 2 aromatic carbocycles. The third-order valence-electron chi connectivity index (χ3n) is 5.66. The van der Waals surface area contributed by atoms with E-state index >= 15 is 0 Å². The summed E-state index contributed by atoms with van der Waals surface area (Å²) in [5.74, 6) is 0.219. The number of hydrogen-bond donors (Lipinski definition) is 2. The number of likely N-dealkylation sites (N-methyl/N-ethyl adjacent to an activating group) is 1. The van der Waals surface area contributed by atoms with Gasteiger partial charge in [-0.3, -0.25) is 0 Å². The lowest BCUT2D eigenvalue weighted by Gasteiger charge is -2.11. The van der Waals surface area contributed by atoms with Gasteiger partial charge in [-0.2, -0.15) is 0 Å². The zero-order valence-corrected chi connectivity index (χ0v) is 20.6. The van der Waals surface area contributed by atoms with Crippen molar-refractivity contribution in [2.45, 2.75) is 6.54 Å². The summed E-state index contributed by atoms with van der Waals surface area (Å²) in [6, 6.07) is 16.6. The van der Waals surface area contributed by atoms with Crippen LogP contribution in [-0.4, -0.2) is 52.1 Å². The highest BCUT2D eigenvalue weighted by Gasteiger charge is 2.17. The molecule has 3 aromatic heterocycles. The molecular formula is C26H26FN7S. The Morgan fingerprint density at radius 1 is 1.03 bits per heavy atom. The summed E-state index contributed by atoms with van der Waals surface area (Å²) in [5.41, 5.74) is 4.44. The average Bonchev–Trinajstić information content (AvgIpc) is 3.47. The number of rotatable bonds is 8. The molecule has 7 nitrogen and oxygen atoms in total. The van der Waals surface area contributed by atoms with Crippen LogP contribution >= 0.6 is 11.3 Å².